The monoisotopic (exact) mass is 679 g/mol. The van der Waals surface area contributed by atoms with Gasteiger partial charge in [0.15, 0.2) is 11.5 Å². The Morgan fingerprint density at radius 2 is 1.71 bits per heavy atom. The van der Waals surface area contributed by atoms with Crippen molar-refractivity contribution in [3.63, 3.8) is 0 Å². The predicted molar refractivity (Wildman–Crippen MR) is 175 cm³/mol. The second kappa shape index (κ2) is 16.8. The number of anilines is 1. The molecule has 0 aliphatic heterocycles. The van der Waals surface area contributed by atoms with Gasteiger partial charge in [-0.15, -0.1) is 10.1 Å². The zero-order valence-corrected chi connectivity index (χ0v) is 27.5. The Morgan fingerprint density at radius 1 is 0.959 bits per heavy atom. The van der Waals surface area contributed by atoms with Crippen LogP contribution >= 0.6 is 0 Å². The maximum atomic E-state index is 13.4. The van der Waals surface area contributed by atoms with Crippen LogP contribution in [0.5, 0.6) is 23.0 Å². The lowest BCUT2D eigenvalue weighted by Gasteiger charge is -2.19. The number of benzene rings is 2. The molecule has 260 valence electrons. The summed E-state index contributed by atoms with van der Waals surface area (Å²) in [6, 6.07) is 12.3. The highest BCUT2D eigenvalue weighted by Gasteiger charge is 2.29. The van der Waals surface area contributed by atoms with E-state index in [9.17, 15) is 29.3 Å². The smallest absolute Gasteiger partial charge is 0.311 e. The number of aryl methyl sites for hydroxylation is 1. The van der Waals surface area contributed by atoms with Gasteiger partial charge in [-0.1, -0.05) is 18.2 Å². The molecule has 0 aromatic heterocycles. The van der Waals surface area contributed by atoms with Crippen LogP contribution in [0.1, 0.15) is 48.9 Å². The Morgan fingerprint density at radius 3 is 2.41 bits per heavy atom. The zero-order valence-electron chi connectivity index (χ0n) is 27.5. The molecular formula is C34H37N3O12. The van der Waals surface area contributed by atoms with E-state index < -0.39 is 23.1 Å². The van der Waals surface area contributed by atoms with Crippen LogP contribution in [-0.2, 0) is 37.0 Å². The second-order valence-electron chi connectivity index (χ2n) is 10.9. The number of rotatable bonds is 15. The largest absolute Gasteiger partial charge is 0.493 e. The summed E-state index contributed by atoms with van der Waals surface area (Å²) in [5.74, 6) is -0.119. The van der Waals surface area contributed by atoms with Crippen LogP contribution in [0, 0.1) is 10.1 Å². The normalized spacial score (nSPS) is 13.0. The molecule has 4 rings (SSSR count). The molecule has 1 atom stereocenters. The van der Waals surface area contributed by atoms with E-state index in [0.29, 0.717) is 52.3 Å². The maximum Gasteiger partial charge on any atom is 0.311 e. The number of esters is 2. The fourth-order valence-electron chi connectivity index (χ4n) is 5.49. The van der Waals surface area contributed by atoms with Crippen molar-refractivity contribution < 1.29 is 48.0 Å². The van der Waals surface area contributed by atoms with E-state index in [1.807, 2.05) is 6.07 Å². The highest BCUT2D eigenvalue weighted by Crippen LogP contribution is 2.50. The highest BCUT2D eigenvalue weighted by atomic mass is 16.9. The number of amides is 1. The molecule has 0 saturated heterocycles. The van der Waals surface area contributed by atoms with Gasteiger partial charge in [0.25, 0.3) is 5.09 Å². The van der Waals surface area contributed by atoms with Gasteiger partial charge in [0.1, 0.15) is 19.0 Å². The van der Waals surface area contributed by atoms with Crippen LogP contribution in [-0.4, -0.2) is 57.4 Å². The van der Waals surface area contributed by atoms with Crippen molar-refractivity contribution in [2.45, 2.75) is 45.3 Å². The molecule has 1 aliphatic rings. The minimum atomic E-state index is -0.926. The molecule has 15 nitrogen and oxygen atoms in total. The topological polar surface area (TPSA) is 191 Å². The molecule has 0 bridgehead atoms. The molecule has 15 heteroatoms. The Bertz CT molecular complexity index is 1780. The van der Waals surface area contributed by atoms with Crippen LogP contribution in [0.2, 0.25) is 0 Å². The van der Waals surface area contributed by atoms with Gasteiger partial charge in [0.2, 0.25) is 17.1 Å². The van der Waals surface area contributed by atoms with E-state index in [1.54, 1.807) is 24.3 Å². The third kappa shape index (κ3) is 9.37. The van der Waals surface area contributed by atoms with E-state index in [-0.39, 0.29) is 55.4 Å². The molecule has 49 heavy (non-hydrogen) atoms. The third-order valence-corrected chi connectivity index (χ3v) is 7.60. The van der Waals surface area contributed by atoms with Crippen molar-refractivity contribution in [1.29, 1.82) is 0 Å². The van der Waals surface area contributed by atoms with E-state index in [0.717, 1.165) is 5.56 Å². The first kappa shape index (κ1) is 36.0. The molecule has 1 aliphatic carbocycles. The summed E-state index contributed by atoms with van der Waals surface area (Å²) in [5.41, 5.74) is 3.20. The van der Waals surface area contributed by atoms with Crippen molar-refractivity contribution in [2.75, 3.05) is 39.8 Å². The van der Waals surface area contributed by atoms with E-state index in [2.05, 4.69) is 15.5 Å². The van der Waals surface area contributed by atoms with Crippen LogP contribution in [0.15, 0.2) is 53.3 Å². The van der Waals surface area contributed by atoms with Crippen molar-refractivity contribution in [3.8, 4) is 34.1 Å². The number of hydrogen-bond donors (Lipinski definition) is 2. The van der Waals surface area contributed by atoms with E-state index in [4.69, 9.17) is 23.7 Å². The summed E-state index contributed by atoms with van der Waals surface area (Å²) >= 11 is 0. The number of carbonyl (C=O) groups is 3. The number of fused-ring (bicyclic) bond motifs is 3. The Kier molecular flexibility index (Phi) is 12.3. The Balaban J connectivity index is 1.42. The molecule has 3 aromatic carbocycles. The summed E-state index contributed by atoms with van der Waals surface area (Å²) in [6.07, 6.45) is 0.568. The molecule has 0 fully saturated rings. The highest BCUT2D eigenvalue weighted by molar-refractivity contribution is 5.84. The molecule has 0 spiro atoms. The van der Waals surface area contributed by atoms with Gasteiger partial charge in [-0.3, -0.25) is 19.2 Å². The minimum Gasteiger partial charge on any atom is -0.493 e. The SMILES string of the molecule is COc1cc2c(c(OC)c1OC)-c1ccc(NCCOC(=O)CCC(=O)Oc3cccc(CO[N+](=O)[O-])c3)c(=O)cc1[C@@H](NC(C)=O)CC2. The molecule has 0 radical (unpaired) electrons. The number of nitrogens with one attached hydrogen (secondary N) is 2. The fraction of sp³-hybridized carbons (Fsp3) is 0.353. The van der Waals surface area contributed by atoms with E-state index >= 15 is 0 Å². The molecular weight excluding hydrogens is 642 g/mol. The Hall–Kier alpha value is -5.86. The van der Waals surface area contributed by atoms with Gasteiger partial charge in [-0.05, 0) is 65.4 Å². The zero-order chi connectivity index (χ0) is 35.5. The Labute approximate surface area is 281 Å². The van der Waals surface area contributed by atoms with Crippen molar-refractivity contribution in [1.82, 2.24) is 5.32 Å². The lowest BCUT2D eigenvalue weighted by atomic mass is 9.95. The lowest BCUT2D eigenvalue weighted by Crippen LogP contribution is -2.26. The van der Waals surface area contributed by atoms with Crippen LogP contribution < -0.4 is 35.0 Å². The molecule has 0 heterocycles. The van der Waals surface area contributed by atoms with E-state index in [1.165, 1.54) is 46.5 Å². The second-order valence-corrected chi connectivity index (χ2v) is 10.9. The lowest BCUT2D eigenvalue weighted by molar-refractivity contribution is -0.763. The van der Waals surface area contributed by atoms with Crippen molar-refractivity contribution in [3.05, 3.63) is 85.6 Å². The number of hydrogen-bond acceptors (Lipinski definition) is 13. The number of carbonyl (C=O) groups excluding carboxylic acids is 3. The van der Waals surface area contributed by atoms with Crippen LogP contribution in [0.3, 0.4) is 0 Å². The van der Waals surface area contributed by atoms with Gasteiger partial charge in [0, 0.05) is 19.0 Å². The average Bonchev–Trinajstić information content (AvgIpc) is 3.32. The number of nitrogens with zero attached hydrogens (tertiary/aromatic N) is 1. The number of ether oxygens (including phenoxy) is 5. The summed E-state index contributed by atoms with van der Waals surface area (Å²) in [6.45, 7) is 1.12. The molecule has 2 N–H and O–H groups in total. The standard InChI is InChI=1S/C34H37N3O12/c1-20(38)36-26-10-8-22-17-29(44-2)33(45-3)34(46-4)32(22)24-9-11-27(28(39)18-25(24)26)35-14-15-47-30(40)12-13-31(41)49-23-7-5-6-21(16-23)19-48-37(42)43/h5-7,9,11,16-18,26H,8,10,12-15,19H2,1-4H3,(H,35,39)(H,36,38)/t26-/m0/s1. The molecule has 0 unspecified atom stereocenters. The first-order valence-corrected chi connectivity index (χ1v) is 15.3. The van der Waals surface area contributed by atoms with Crippen LogP contribution in [0.4, 0.5) is 5.69 Å². The van der Waals surface area contributed by atoms with Gasteiger partial charge in [-0.25, -0.2) is 0 Å². The van der Waals surface area contributed by atoms with Crippen LogP contribution in [0.25, 0.3) is 11.1 Å². The first-order chi connectivity index (χ1) is 23.5. The summed E-state index contributed by atoms with van der Waals surface area (Å²) < 4.78 is 27.4. The summed E-state index contributed by atoms with van der Waals surface area (Å²) in [7, 11) is 4.56. The van der Waals surface area contributed by atoms with Gasteiger partial charge in [0.05, 0.1) is 45.9 Å². The molecule has 0 saturated carbocycles. The summed E-state index contributed by atoms with van der Waals surface area (Å²) in [5, 5.41) is 15.4. The maximum absolute atomic E-state index is 13.4. The van der Waals surface area contributed by atoms with Gasteiger partial charge >= 0.3 is 11.9 Å². The molecule has 1 amide bonds. The quantitative estimate of drug-likeness (QED) is 0.0774. The third-order valence-electron chi connectivity index (χ3n) is 7.60. The average molecular weight is 680 g/mol. The first-order valence-electron chi connectivity index (χ1n) is 15.3. The summed E-state index contributed by atoms with van der Waals surface area (Å²) in [4.78, 5) is 64.7. The van der Waals surface area contributed by atoms with Crippen molar-refractivity contribution in [2.24, 2.45) is 0 Å². The van der Waals surface area contributed by atoms with Crippen molar-refractivity contribution >= 4 is 23.5 Å². The van der Waals surface area contributed by atoms with Gasteiger partial charge < -0.3 is 39.2 Å². The fourth-order valence-corrected chi connectivity index (χ4v) is 5.49. The van der Waals surface area contributed by atoms with Gasteiger partial charge in [-0.2, -0.15) is 0 Å². The minimum absolute atomic E-state index is 0.0910. The molecule has 3 aromatic rings. The number of methoxy groups -OCH3 is 3. The predicted octanol–water partition coefficient (Wildman–Crippen LogP) is 3.91.